The van der Waals surface area contributed by atoms with E-state index in [2.05, 4.69) is 54.8 Å². The molecule has 20 heavy (non-hydrogen) atoms. The predicted molar refractivity (Wildman–Crippen MR) is 87.3 cm³/mol. The Kier molecular flexibility index (Phi) is 4.13. The molecule has 1 aliphatic carbocycles. The Balaban J connectivity index is 1.76. The molecule has 2 heteroatoms. The Hall–Kier alpha value is -1.25. The number of benzene rings is 2. The standard InChI is InChI=1S/C18H21NS/c1-20-17-11-9-16(10-12-17)18(19)15-7-5-14(6-8-15)13-3-2-4-13/h5-13,18H,2-4,19H2,1H3. The highest BCUT2D eigenvalue weighted by molar-refractivity contribution is 7.98. The van der Waals surface area contributed by atoms with Gasteiger partial charge in [-0.3, -0.25) is 0 Å². The van der Waals surface area contributed by atoms with Gasteiger partial charge in [-0.2, -0.15) is 0 Å². The Bertz CT molecular complexity index is 555. The van der Waals surface area contributed by atoms with Gasteiger partial charge in [0.1, 0.15) is 0 Å². The summed E-state index contributed by atoms with van der Waals surface area (Å²) in [6.07, 6.45) is 6.17. The summed E-state index contributed by atoms with van der Waals surface area (Å²) in [5.74, 6) is 0.793. The van der Waals surface area contributed by atoms with E-state index in [1.54, 1.807) is 11.8 Å². The van der Waals surface area contributed by atoms with Gasteiger partial charge in [0.05, 0.1) is 6.04 Å². The molecule has 0 saturated heterocycles. The Morgan fingerprint density at radius 1 is 0.950 bits per heavy atom. The van der Waals surface area contributed by atoms with E-state index in [1.807, 2.05) is 0 Å². The molecule has 0 aromatic heterocycles. The third-order valence-electron chi connectivity index (χ3n) is 4.35. The van der Waals surface area contributed by atoms with Crippen LogP contribution in [0.4, 0.5) is 0 Å². The maximum Gasteiger partial charge on any atom is 0.0551 e. The lowest BCUT2D eigenvalue weighted by Gasteiger charge is -2.26. The highest BCUT2D eigenvalue weighted by atomic mass is 32.2. The summed E-state index contributed by atoms with van der Waals surface area (Å²) in [6, 6.07) is 17.4. The zero-order valence-corrected chi connectivity index (χ0v) is 12.7. The number of thioether (sulfide) groups is 1. The van der Waals surface area contributed by atoms with Crippen LogP contribution in [0.15, 0.2) is 53.4 Å². The lowest BCUT2D eigenvalue weighted by atomic mass is 9.79. The van der Waals surface area contributed by atoms with Crippen LogP contribution < -0.4 is 5.73 Å². The molecule has 104 valence electrons. The van der Waals surface area contributed by atoms with Gasteiger partial charge in [0.25, 0.3) is 0 Å². The van der Waals surface area contributed by atoms with E-state index in [1.165, 1.54) is 40.8 Å². The average molecular weight is 283 g/mol. The van der Waals surface area contributed by atoms with Gasteiger partial charge < -0.3 is 5.73 Å². The second-order valence-electron chi connectivity index (χ2n) is 5.55. The minimum absolute atomic E-state index is 0.0265. The molecular weight excluding hydrogens is 262 g/mol. The summed E-state index contributed by atoms with van der Waals surface area (Å²) >= 11 is 1.76. The van der Waals surface area contributed by atoms with Gasteiger partial charge in [0.2, 0.25) is 0 Å². The molecule has 0 aliphatic heterocycles. The minimum atomic E-state index is -0.0265. The van der Waals surface area contributed by atoms with Gasteiger partial charge >= 0.3 is 0 Å². The van der Waals surface area contributed by atoms with Gasteiger partial charge in [-0.25, -0.2) is 0 Å². The Labute approximate surface area is 125 Å². The smallest absolute Gasteiger partial charge is 0.0551 e. The van der Waals surface area contributed by atoms with E-state index in [4.69, 9.17) is 5.73 Å². The zero-order chi connectivity index (χ0) is 13.9. The fraction of sp³-hybridized carbons (Fsp3) is 0.333. The topological polar surface area (TPSA) is 26.0 Å². The van der Waals surface area contributed by atoms with Crippen molar-refractivity contribution in [3.63, 3.8) is 0 Å². The fourth-order valence-corrected chi connectivity index (χ4v) is 3.13. The molecular formula is C18H21NS. The normalized spacial score (nSPS) is 16.7. The second-order valence-corrected chi connectivity index (χ2v) is 6.42. The maximum atomic E-state index is 6.37. The Morgan fingerprint density at radius 3 is 1.95 bits per heavy atom. The minimum Gasteiger partial charge on any atom is -0.320 e. The SMILES string of the molecule is CSc1ccc(C(N)c2ccc(C3CCC3)cc2)cc1. The summed E-state index contributed by atoms with van der Waals surface area (Å²) in [7, 11) is 0. The van der Waals surface area contributed by atoms with Crippen molar-refractivity contribution < 1.29 is 0 Å². The van der Waals surface area contributed by atoms with E-state index >= 15 is 0 Å². The largest absolute Gasteiger partial charge is 0.320 e. The number of nitrogens with two attached hydrogens (primary N) is 1. The van der Waals surface area contributed by atoms with E-state index in [9.17, 15) is 0 Å². The van der Waals surface area contributed by atoms with Crippen molar-refractivity contribution in [2.24, 2.45) is 5.73 Å². The molecule has 1 nitrogen and oxygen atoms in total. The highest BCUT2D eigenvalue weighted by Gasteiger charge is 2.19. The molecule has 1 unspecified atom stereocenters. The van der Waals surface area contributed by atoms with Crippen LogP contribution in [0.2, 0.25) is 0 Å². The molecule has 0 spiro atoms. The molecule has 2 N–H and O–H groups in total. The number of rotatable bonds is 4. The van der Waals surface area contributed by atoms with Crippen LogP contribution in [0.1, 0.15) is 47.9 Å². The molecule has 1 aliphatic rings. The first kappa shape index (κ1) is 13.7. The van der Waals surface area contributed by atoms with Gasteiger partial charge in [0, 0.05) is 4.90 Å². The molecule has 1 saturated carbocycles. The van der Waals surface area contributed by atoms with Crippen LogP contribution >= 0.6 is 11.8 Å². The second kappa shape index (κ2) is 6.02. The zero-order valence-electron chi connectivity index (χ0n) is 11.9. The lowest BCUT2D eigenvalue weighted by molar-refractivity contribution is 0.419. The van der Waals surface area contributed by atoms with Crippen molar-refractivity contribution in [3.05, 3.63) is 65.2 Å². The third kappa shape index (κ3) is 2.77. The van der Waals surface area contributed by atoms with E-state index in [0.717, 1.165) is 5.92 Å². The molecule has 2 aromatic rings. The Morgan fingerprint density at radius 2 is 1.50 bits per heavy atom. The van der Waals surface area contributed by atoms with E-state index in [0.29, 0.717) is 0 Å². The monoisotopic (exact) mass is 283 g/mol. The van der Waals surface area contributed by atoms with E-state index in [-0.39, 0.29) is 6.04 Å². The summed E-state index contributed by atoms with van der Waals surface area (Å²) in [6.45, 7) is 0. The molecule has 2 aromatic carbocycles. The highest BCUT2D eigenvalue weighted by Crippen LogP contribution is 2.36. The van der Waals surface area contributed by atoms with Crippen molar-refractivity contribution in [1.29, 1.82) is 0 Å². The quantitative estimate of drug-likeness (QED) is 0.821. The van der Waals surface area contributed by atoms with Crippen LogP contribution in [-0.2, 0) is 0 Å². The first-order valence-corrected chi connectivity index (χ1v) is 8.50. The first-order chi connectivity index (χ1) is 9.78. The number of hydrogen-bond donors (Lipinski definition) is 1. The van der Waals surface area contributed by atoms with Crippen molar-refractivity contribution in [3.8, 4) is 0 Å². The lowest BCUT2D eigenvalue weighted by Crippen LogP contribution is -2.13. The van der Waals surface area contributed by atoms with Crippen LogP contribution in [-0.4, -0.2) is 6.26 Å². The maximum absolute atomic E-state index is 6.37. The summed E-state index contributed by atoms with van der Waals surface area (Å²) in [5.41, 5.74) is 10.2. The van der Waals surface area contributed by atoms with Gasteiger partial charge in [-0.15, -0.1) is 11.8 Å². The molecule has 0 bridgehead atoms. The van der Waals surface area contributed by atoms with Crippen LogP contribution in [0.25, 0.3) is 0 Å². The van der Waals surface area contributed by atoms with Crippen molar-refractivity contribution in [2.45, 2.75) is 36.1 Å². The van der Waals surface area contributed by atoms with Gasteiger partial charge in [-0.1, -0.05) is 42.8 Å². The fourth-order valence-electron chi connectivity index (χ4n) is 2.72. The third-order valence-corrected chi connectivity index (χ3v) is 5.09. The van der Waals surface area contributed by atoms with Gasteiger partial charge in [-0.05, 0) is 53.8 Å². The van der Waals surface area contributed by atoms with E-state index < -0.39 is 0 Å². The van der Waals surface area contributed by atoms with Crippen LogP contribution in [0.5, 0.6) is 0 Å². The van der Waals surface area contributed by atoms with Crippen molar-refractivity contribution in [2.75, 3.05) is 6.26 Å². The molecule has 0 heterocycles. The molecule has 0 radical (unpaired) electrons. The van der Waals surface area contributed by atoms with Crippen LogP contribution in [0.3, 0.4) is 0 Å². The average Bonchev–Trinajstić information content (AvgIpc) is 2.46. The molecule has 3 rings (SSSR count). The van der Waals surface area contributed by atoms with Crippen LogP contribution in [0, 0.1) is 0 Å². The molecule has 1 fully saturated rings. The van der Waals surface area contributed by atoms with Crippen molar-refractivity contribution in [1.82, 2.24) is 0 Å². The number of hydrogen-bond acceptors (Lipinski definition) is 2. The molecule has 0 amide bonds. The van der Waals surface area contributed by atoms with Gasteiger partial charge in [0.15, 0.2) is 0 Å². The first-order valence-electron chi connectivity index (χ1n) is 7.27. The summed E-state index contributed by atoms with van der Waals surface area (Å²) in [5, 5.41) is 0. The molecule has 1 atom stereocenters. The summed E-state index contributed by atoms with van der Waals surface area (Å²) in [4.78, 5) is 1.28. The predicted octanol–water partition coefficient (Wildman–Crippen LogP) is 4.72. The van der Waals surface area contributed by atoms with Crippen molar-refractivity contribution >= 4 is 11.8 Å². The summed E-state index contributed by atoms with van der Waals surface area (Å²) < 4.78 is 0.